The van der Waals surface area contributed by atoms with Crippen LogP contribution in [0.15, 0.2) is 18.2 Å². The first-order chi connectivity index (χ1) is 9.49. The maximum Gasteiger partial charge on any atom is 0.120 e. The quantitative estimate of drug-likeness (QED) is 0.768. The third-order valence-electron chi connectivity index (χ3n) is 3.47. The van der Waals surface area contributed by atoms with Gasteiger partial charge in [0.1, 0.15) is 11.5 Å². The summed E-state index contributed by atoms with van der Waals surface area (Å²) < 4.78 is 10.7. The Balaban J connectivity index is 2.79. The van der Waals surface area contributed by atoms with Crippen molar-refractivity contribution in [3.05, 3.63) is 23.8 Å². The molecule has 0 bridgehead atoms. The molecule has 0 radical (unpaired) electrons. The van der Waals surface area contributed by atoms with Gasteiger partial charge in [0, 0.05) is 24.3 Å². The summed E-state index contributed by atoms with van der Waals surface area (Å²) in [5, 5.41) is 13.5. The summed E-state index contributed by atoms with van der Waals surface area (Å²) in [7, 11) is 1.63. The van der Waals surface area contributed by atoms with Crippen molar-refractivity contribution in [2.24, 2.45) is 5.92 Å². The number of hydrogen-bond donors (Lipinski definition) is 2. The lowest BCUT2D eigenvalue weighted by molar-refractivity contribution is 0.104. The molecule has 1 rings (SSSR count). The smallest absolute Gasteiger partial charge is 0.120 e. The number of phenolic OH excluding ortho intramolecular Hbond substituents is 1. The monoisotopic (exact) mass is 281 g/mol. The lowest BCUT2D eigenvalue weighted by atomic mass is 10.0. The van der Waals surface area contributed by atoms with Crippen molar-refractivity contribution in [2.75, 3.05) is 20.3 Å². The summed E-state index contributed by atoms with van der Waals surface area (Å²) >= 11 is 0. The van der Waals surface area contributed by atoms with E-state index in [0.29, 0.717) is 19.1 Å². The zero-order chi connectivity index (χ0) is 15.1. The van der Waals surface area contributed by atoms with Crippen LogP contribution in [0.5, 0.6) is 11.5 Å². The van der Waals surface area contributed by atoms with Crippen LogP contribution in [0.3, 0.4) is 0 Å². The average Bonchev–Trinajstić information content (AvgIpc) is 2.43. The molecule has 0 aliphatic heterocycles. The lowest BCUT2D eigenvalue weighted by Crippen LogP contribution is -2.39. The van der Waals surface area contributed by atoms with Gasteiger partial charge < -0.3 is 19.9 Å². The highest BCUT2D eigenvalue weighted by atomic mass is 16.5. The zero-order valence-electron chi connectivity index (χ0n) is 13.1. The second-order valence-corrected chi connectivity index (χ2v) is 5.32. The molecule has 0 aromatic heterocycles. The van der Waals surface area contributed by atoms with Gasteiger partial charge in [-0.25, -0.2) is 0 Å². The van der Waals surface area contributed by atoms with E-state index in [2.05, 4.69) is 19.2 Å². The van der Waals surface area contributed by atoms with Crippen LogP contribution in [0.25, 0.3) is 0 Å². The summed E-state index contributed by atoms with van der Waals surface area (Å²) in [5.74, 6) is 1.49. The van der Waals surface area contributed by atoms with Crippen molar-refractivity contribution >= 4 is 0 Å². The van der Waals surface area contributed by atoms with E-state index in [1.54, 1.807) is 19.2 Å². The lowest BCUT2D eigenvalue weighted by Gasteiger charge is -2.27. The van der Waals surface area contributed by atoms with Crippen LogP contribution >= 0.6 is 0 Å². The maximum atomic E-state index is 10.0. The van der Waals surface area contributed by atoms with E-state index < -0.39 is 0 Å². The molecule has 0 aliphatic rings. The second-order valence-electron chi connectivity index (χ2n) is 5.32. The standard InChI is InChI=1S/C16H27NO3/c1-6-20-10-15(11(2)3)17-12(4)14-9-13(19-5)7-8-16(14)18/h7-9,11-12,15,17-18H,6,10H2,1-5H3. The highest BCUT2D eigenvalue weighted by Gasteiger charge is 2.19. The van der Waals surface area contributed by atoms with Crippen molar-refractivity contribution in [2.45, 2.75) is 39.8 Å². The molecular weight excluding hydrogens is 254 g/mol. The predicted octanol–water partition coefficient (Wildman–Crippen LogP) is 3.11. The Labute approximate surface area is 122 Å². The summed E-state index contributed by atoms with van der Waals surface area (Å²) in [4.78, 5) is 0. The molecule has 1 aromatic rings. The van der Waals surface area contributed by atoms with Gasteiger partial charge >= 0.3 is 0 Å². The number of benzene rings is 1. The summed E-state index contributed by atoms with van der Waals surface area (Å²) in [6, 6.07) is 5.56. The molecular formula is C16H27NO3. The molecule has 2 N–H and O–H groups in total. The Hall–Kier alpha value is -1.26. The molecule has 0 spiro atoms. The Morgan fingerprint density at radius 3 is 2.50 bits per heavy atom. The zero-order valence-corrected chi connectivity index (χ0v) is 13.1. The number of hydrogen-bond acceptors (Lipinski definition) is 4. The van der Waals surface area contributed by atoms with Crippen LogP contribution in [0.1, 0.15) is 39.3 Å². The van der Waals surface area contributed by atoms with Gasteiger partial charge in [0.2, 0.25) is 0 Å². The van der Waals surface area contributed by atoms with Gasteiger partial charge in [0.15, 0.2) is 0 Å². The predicted molar refractivity (Wildman–Crippen MR) is 81.3 cm³/mol. The van der Waals surface area contributed by atoms with E-state index in [1.807, 2.05) is 19.9 Å². The molecule has 0 amide bonds. The highest BCUT2D eigenvalue weighted by molar-refractivity contribution is 5.41. The van der Waals surface area contributed by atoms with Gasteiger partial charge in [-0.2, -0.15) is 0 Å². The molecule has 0 heterocycles. The fourth-order valence-electron chi connectivity index (χ4n) is 2.10. The van der Waals surface area contributed by atoms with Crippen LogP contribution in [0.4, 0.5) is 0 Å². The molecule has 2 unspecified atom stereocenters. The first kappa shape index (κ1) is 16.8. The molecule has 4 nitrogen and oxygen atoms in total. The van der Waals surface area contributed by atoms with Gasteiger partial charge in [0.05, 0.1) is 13.7 Å². The topological polar surface area (TPSA) is 50.7 Å². The minimum atomic E-state index is 0.0259. The van der Waals surface area contributed by atoms with E-state index in [1.165, 1.54) is 0 Å². The van der Waals surface area contributed by atoms with Gasteiger partial charge in [-0.05, 0) is 38.0 Å². The van der Waals surface area contributed by atoms with Crippen molar-refractivity contribution in [3.63, 3.8) is 0 Å². The Morgan fingerprint density at radius 2 is 1.95 bits per heavy atom. The summed E-state index contributed by atoms with van der Waals surface area (Å²) in [5.41, 5.74) is 0.839. The number of ether oxygens (including phenoxy) is 2. The molecule has 4 heteroatoms. The number of methoxy groups -OCH3 is 1. The van der Waals surface area contributed by atoms with Gasteiger partial charge in [-0.15, -0.1) is 0 Å². The first-order valence-corrected chi connectivity index (χ1v) is 7.20. The molecule has 2 atom stereocenters. The van der Waals surface area contributed by atoms with Crippen molar-refractivity contribution in [1.29, 1.82) is 0 Å². The van der Waals surface area contributed by atoms with Crippen LogP contribution in [0.2, 0.25) is 0 Å². The van der Waals surface area contributed by atoms with Crippen LogP contribution in [-0.4, -0.2) is 31.5 Å². The van der Waals surface area contributed by atoms with Gasteiger partial charge in [-0.3, -0.25) is 0 Å². The summed E-state index contributed by atoms with van der Waals surface area (Å²) in [6.45, 7) is 9.74. The van der Waals surface area contributed by atoms with E-state index in [4.69, 9.17) is 9.47 Å². The molecule has 0 saturated heterocycles. The second kappa shape index (κ2) is 8.12. The number of nitrogens with one attached hydrogen (secondary N) is 1. The van der Waals surface area contributed by atoms with Gasteiger partial charge in [-0.1, -0.05) is 13.8 Å². The summed E-state index contributed by atoms with van der Waals surface area (Å²) in [6.07, 6.45) is 0. The minimum Gasteiger partial charge on any atom is -0.508 e. The van der Waals surface area contributed by atoms with E-state index in [-0.39, 0.29) is 17.8 Å². The van der Waals surface area contributed by atoms with E-state index in [9.17, 15) is 5.11 Å². The first-order valence-electron chi connectivity index (χ1n) is 7.20. The van der Waals surface area contributed by atoms with E-state index >= 15 is 0 Å². The normalized spacial score (nSPS) is 14.3. The van der Waals surface area contributed by atoms with Gasteiger partial charge in [0.25, 0.3) is 0 Å². The van der Waals surface area contributed by atoms with Crippen molar-refractivity contribution in [3.8, 4) is 11.5 Å². The highest BCUT2D eigenvalue weighted by Crippen LogP contribution is 2.28. The molecule has 0 saturated carbocycles. The molecule has 20 heavy (non-hydrogen) atoms. The maximum absolute atomic E-state index is 10.0. The fraction of sp³-hybridized carbons (Fsp3) is 0.625. The van der Waals surface area contributed by atoms with Crippen molar-refractivity contribution < 1.29 is 14.6 Å². The largest absolute Gasteiger partial charge is 0.508 e. The van der Waals surface area contributed by atoms with Crippen molar-refractivity contribution in [1.82, 2.24) is 5.32 Å². The Bertz CT molecular complexity index is 407. The third kappa shape index (κ3) is 4.69. The third-order valence-corrected chi connectivity index (χ3v) is 3.47. The Morgan fingerprint density at radius 1 is 1.25 bits per heavy atom. The number of rotatable bonds is 8. The van der Waals surface area contributed by atoms with Crippen LogP contribution in [-0.2, 0) is 4.74 Å². The molecule has 114 valence electrons. The minimum absolute atomic E-state index is 0.0259. The fourth-order valence-corrected chi connectivity index (χ4v) is 2.10. The number of phenols is 1. The van der Waals surface area contributed by atoms with Crippen LogP contribution in [0, 0.1) is 5.92 Å². The molecule has 0 aliphatic carbocycles. The Kier molecular flexibility index (Phi) is 6.82. The van der Waals surface area contributed by atoms with E-state index in [0.717, 1.165) is 11.3 Å². The SMILES string of the molecule is CCOCC(NC(C)c1cc(OC)ccc1O)C(C)C. The molecule has 0 fully saturated rings. The van der Waals surface area contributed by atoms with Crippen LogP contribution < -0.4 is 10.1 Å². The average molecular weight is 281 g/mol. The number of aromatic hydroxyl groups is 1. The molecule has 1 aromatic carbocycles.